The Morgan fingerprint density at radius 2 is 1.88 bits per heavy atom. The molecular weight excluding hydrogens is 412 g/mol. The quantitative estimate of drug-likeness (QED) is 0.752. The number of piperazine rings is 1. The third-order valence-corrected chi connectivity index (χ3v) is 4.69. The van der Waals surface area contributed by atoms with Gasteiger partial charge in [0.1, 0.15) is 5.75 Å². The molecule has 1 aliphatic rings. The van der Waals surface area contributed by atoms with E-state index in [1.165, 1.54) is 6.26 Å². The molecule has 2 amide bonds. The Kier molecular flexibility index (Phi) is 5.65. The van der Waals surface area contributed by atoms with Gasteiger partial charge in [-0.25, -0.2) is 0 Å². The summed E-state index contributed by atoms with van der Waals surface area (Å²) in [5.74, 6) is 0.483. The van der Waals surface area contributed by atoms with Crippen LogP contribution in [0.1, 0.15) is 10.6 Å². The van der Waals surface area contributed by atoms with E-state index in [1.54, 1.807) is 40.1 Å². The standard InChI is InChI=1S/C17H16BrClN2O4/c18-12-3-4-14(13(19)10-12)25-11-16(22)20-5-7-21(8-6-20)17(23)15-2-1-9-24-15/h1-4,9-10H,5-8,11H2. The predicted octanol–water partition coefficient (Wildman–Crippen LogP) is 3.06. The maximum absolute atomic E-state index is 12.3. The smallest absolute Gasteiger partial charge is 0.289 e. The Morgan fingerprint density at radius 3 is 2.52 bits per heavy atom. The zero-order valence-corrected chi connectivity index (χ0v) is 15.6. The Bertz CT molecular complexity index is 758. The first-order chi connectivity index (χ1) is 12.0. The molecule has 0 spiro atoms. The van der Waals surface area contributed by atoms with Crippen molar-refractivity contribution in [1.29, 1.82) is 0 Å². The van der Waals surface area contributed by atoms with Gasteiger partial charge in [0.25, 0.3) is 11.8 Å². The Labute approximate surface area is 158 Å². The second-order valence-corrected chi connectivity index (χ2v) is 6.84. The first-order valence-electron chi connectivity index (χ1n) is 7.73. The lowest BCUT2D eigenvalue weighted by atomic mass is 10.3. The summed E-state index contributed by atoms with van der Waals surface area (Å²) in [6, 6.07) is 8.53. The molecule has 0 bridgehead atoms. The van der Waals surface area contributed by atoms with E-state index in [1.807, 2.05) is 0 Å². The van der Waals surface area contributed by atoms with E-state index in [-0.39, 0.29) is 18.4 Å². The van der Waals surface area contributed by atoms with E-state index in [9.17, 15) is 9.59 Å². The van der Waals surface area contributed by atoms with Gasteiger partial charge in [0.2, 0.25) is 0 Å². The van der Waals surface area contributed by atoms with Crippen molar-refractivity contribution in [3.05, 3.63) is 51.9 Å². The summed E-state index contributed by atoms with van der Waals surface area (Å²) in [7, 11) is 0. The normalized spacial score (nSPS) is 14.5. The van der Waals surface area contributed by atoms with E-state index in [0.717, 1.165) is 4.47 Å². The predicted molar refractivity (Wildman–Crippen MR) is 95.8 cm³/mol. The molecule has 0 aliphatic carbocycles. The molecule has 0 saturated carbocycles. The maximum atomic E-state index is 12.3. The van der Waals surface area contributed by atoms with E-state index in [2.05, 4.69) is 15.9 Å². The molecule has 0 atom stereocenters. The Hall–Kier alpha value is -1.99. The van der Waals surface area contributed by atoms with E-state index >= 15 is 0 Å². The number of hydrogen-bond acceptors (Lipinski definition) is 4. The van der Waals surface area contributed by atoms with Crippen molar-refractivity contribution in [3.8, 4) is 5.75 Å². The molecule has 1 saturated heterocycles. The molecule has 1 aromatic heterocycles. The van der Waals surface area contributed by atoms with Crippen molar-refractivity contribution in [1.82, 2.24) is 9.80 Å². The highest BCUT2D eigenvalue weighted by molar-refractivity contribution is 9.10. The van der Waals surface area contributed by atoms with Gasteiger partial charge in [-0.3, -0.25) is 9.59 Å². The fourth-order valence-corrected chi connectivity index (χ4v) is 3.27. The van der Waals surface area contributed by atoms with Gasteiger partial charge in [-0.15, -0.1) is 0 Å². The minimum atomic E-state index is -0.157. The van der Waals surface area contributed by atoms with Crippen LogP contribution < -0.4 is 4.74 Å². The topological polar surface area (TPSA) is 63.0 Å². The van der Waals surface area contributed by atoms with Crippen LogP contribution in [0, 0.1) is 0 Å². The van der Waals surface area contributed by atoms with Gasteiger partial charge >= 0.3 is 0 Å². The second-order valence-electron chi connectivity index (χ2n) is 5.51. The van der Waals surface area contributed by atoms with Gasteiger partial charge in [-0.2, -0.15) is 0 Å². The molecule has 25 heavy (non-hydrogen) atoms. The number of ether oxygens (including phenoxy) is 1. The van der Waals surface area contributed by atoms with Crippen LogP contribution in [0.5, 0.6) is 5.75 Å². The van der Waals surface area contributed by atoms with E-state index < -0.39 is 0 Å². The first-order valence-corrected chi connectivity index (χ1v) is 8.90. The number of benzene rings is 1. The summed E-state index contributed by atoms with van der Waals surface area (Å²) in [5.41, 5.74) is 0. The summed E-state index contributed by atoms with van der Waals surface area (Å²) < 4.78 is 11.5. The van der Waals surface area contributed by atoms with Crippen molar-refractivity contribution in [3.63, 3.8) is 0 Å². The largest absolute Gasteiger partial charge is 0.482 e. The minimum Gasteiger partial charge on any atom is -0.482 e. The maximum Gasteiger partial charge on any atom is 0.289 e. The van der Waals surface area contributed by atoms with Crippen LogP contribution in [0.15, 0.2) is 45.5 Å². The zero-order valence-electron chi connectivity index (χ0n) is 13.3. The molecule has 1 aliphatic heterocycles. The number of carbonyl (C=O) groups is 2. The molecule has 2 aromatic rings. The number of hydrogen-bond donors (Lipinski definition) is 0. The molecule has 0 N–H and O–H groups in total. The van der Waals surface area contributed by atoms with Crippen molar-refractivity contribution >= 4 is 39.3 Å². The average Bonchev–Trinajstić information content (AvgIpc) is 3.15. The lowest BCUT2D eigenvalue weighted by Gasteiger charge is -2.34. The highest BCUT2D eigenvalue weighted by atomic mass is 79.9. The van der Waals surface area contributed by atoms with Gasteiger partial charge in [0.15, 0.2) is 12.4 Å². The van der Waals surface area contributed by atoms with Crippen LogP contribution in [0.25, 0.3) is 0 Å². The number of amides is 2. The van der Waals surface area contributed by atoms with Gasteiger partial charge in [0.05, 0.1) is 11.3 Å². The van der Waals surface area contributed by atoms with Crippen molar-refractivity contribution in [2.45, 2.75) is 0 Å². The highest BCUT2D eigenvalue weighted by Crippen LogP contribution is 2.27. The molecule has 3 rings (SSSR count). The molecule has 132 valence electrons. The van der Waals surface area contributed by atoms with Crippen molar-refractivity contribution in [2.75, 3.05) is 32.8 Å². The van der Waals surface area contributed by atoms with Gasteiger partial charge in [-0.05, 0) is 30.3 Å². The number of halogens is 2. The second kappa shape index (κ2) is 7.93. The summed E-state index contributed by atoms with van der Waals surface area (Å²) in [5, 5.41) is 0.441. The van der Waals surface area contributed by atoms with Crippen LogP contribution in [0.3, 0.4) is 0 Å². The summed E-state index contributed by atoms with van der Waals surface area (Å²) in [4.78, 5) is 27.8. The summed E-state index contributed by atoms with van der Waals surface area (Å²) in [6.45, 7) is 1.76. The zero-order chi connectivity index (χ0) is 17.8. The fourth-order valence-electron chi connectivity index (χ4n) is 2.54. The van der Waals surface area contributed by atoms with Crippen molar-refractivity contribution in [2.24, 2.45) is 0 Å². The van der Waals surface area contributed by atoms with Crippen molar-refractivity contribution < 1.29 is 18.7 Å². The number of rotatable bonds is 4. The fraction of sp³-hybridized carbons (Fsp3) is 0.294. The van der Waals surface area contributed by atoms with Gasteiger partial charge in [-0.1, -0.05) is 27.5 Å². The lowest BCUT2D eigenvalue weighted by molar-refractivity contribution is -0.134. The molecule has 1 aromatic carbocycles. The van der Waals surface area contributed by atoms with Crippen LogP contribution in [-0.2, 0) is 4.79 Å². The number of nitrogens with zero attached hydrogens (tertiary/aromatic N) is 2. The monoisotopic (exact) mass is 426 g/mol. The third-order valence-electron chi connectivity index (χ3n) is 3.90. The highest BCUT2D eigenvalue weighted by Gasteiger charge is 2.26. The SMILES string of the molecule is O=C(COc1ccc(Br)cc1Cl)N1CCN(C(=O)c2ccco2)CC1. The molecule has 1 fully saturated rings. The van der Waals surface area contributed by atoms with Gasteiger partial charge < -0.3 is 19.0 Å². The van der Waals surface area contributed by atoms with Crippen LogP contribution in [0.2, 0.25) is 5.02 Å². The molecule has 0 radical (unpaired) electrons. The van der Waals surface area contributed by atoms with Gasteiger partial charge in [0, 0.05) is 30.7 Å². The van der Waals surface area contributed by atoms with Crippen LogP contribution in [-0.4, -0.2) is 54.4 Å². The van der Waals surface area contributed by atoms with Crippen LogP contribution >= 0.6 is 27.5 Å². The van der Waals surface area contributed by atoms with E-state index in [4.69, 9.17) is 20.8 Å². The molecule has 6 nitrogen and oxygen atoms in total. The molecule has 2 heterocycles. The number of furan rings is 1. The Balaban J connectivity index is 1.49. The molecular formula is C17H16BrClN2O4. The molecule has 0 unspecified atom stereocenters. The number of carbonyl (C=O) groups excluding carboxylic acids is 2. The third kappa shape index (κ3) is 4.35. The van der Waals surface area contributed by atoms with E-state index in [0.29, 0.717) is 42.7 Å². The Morgan fingerprint density at radius 1 is 1.16 bits per heavy atom. The minimum absolute atomic E-state index is 0.0898. The summed E-state index contributed by atoms with van der Waals surface area (Å²) >= 11 is 9.38. The summed E-state index contributed by atoms with van der Waals surface area (Å²) in [6.07, 6.45) is 1.47. The average molecular weight is 428 g/mol. The lowest BCUT2D eigenvalue weighted by Crippen LogP contribution is -2.51. The van der Waals surface area contributed by atoms with Crippen LogP contribution in [0.4, 0.5) is 0 Å². The molecule has 8 heteroatoms. The first kappa shape index (κ1) is 17.8.